The molecule has 88 valence electrons. The first kappa shape index (κ1) is 11.3. The fourth-order valence-electron chi connectivity index (χ4n) is 1.88. The number of amides is 1. The van der Waals surface area contributed by atoms with Gasteiger partial charge in [0.25, 0.3) is 0 Å². The average Bonchev–Trinajstić information content (AvgIpc) is 2.53. The van der Waals surface area contributed by atoms with Gasteiger partial charge in [0.05, 0.1) is 6.42 Å². The zero-order valence-electron chi connectivity index (χ0n) is 9.27. The standard InChI is InChI=1S/C12H11NO4/c1-13-9-3-2-7(10(14)6-12(16)17)4-8(9)5-11(13)15/h2-4H,5-6H2,1H3,(H,16,17). The van der Waals surface area contributed by atoms with Crippen LogP contribution in [0.15, 0.2) is 18.2 Å². The Kier molecular flexibility index (Phi) is 2.67. The van der Waals surface area contributed by atoms with Gasteiger partial charge >= 0.3 is 5.97 Å². The molecule has 0 spiro atoms. The molecule has 1 aliphatic heterocycles. The van der Waals surface area contributed by atoms with Gasteiger partial charge in [0.2, 0.25) is 5.91 Å². The van der Waals surface area contributed by atoms with Crippen molar-refractivity contribution in [3.8, 4) is 0 Å². The lowest BCUT2D eigenvalue weighted by Crippen LogP contribution is -2.20. The van der Waals surface area contributed by atoms with Crippen LogP contribution in [-0.2, 0) is 16.0 Å². The Hall–Kier alpha value is -2.17. The van der Waals surface area contributed by atoms with Crippen molar-refractivity contribution in [2.75, 3.05) is 11.9 Å². The molecule has 5 nitrogen and oxygen atoms in total. The fraction of sp³-hybridized carbons (Fsp3) is 0.250. The van der Waals surface area contributed by atoms with Crippen molar-refractivity contribution in [2.45, 2.75) is 12.8 Å². The van der Waals surface area contributed by atoms with Gasteiger partial charge in [0.15, 0.2) is 5.78 Å². The summed E-state index contributed by atoms with van der Waals surface area (Å²) in [5.41, 5.74) is 1.89. The van der Waals surface area contributed by atoms with Gasteiger partial charge in [-0.3, -0.25) is 14.4 Å². The van der Waals surface area contributed by atoms with Gasteiger partial charge in [-0.15, -0.1) is 0 Å². The number of benzene rings is 1. The summed E-state index contributed by atoms with van der Waals surface area (Å²) < 4.78 is 0. The predicted molar refractivity (Wildman–Crippen MR) is 60.1 cm³/mol. The number of hydrogen-bond acceptors (Lipinski definition) is 3. The number of Topliss-reactive ketones (excluding diaryl/α,β-unsaturated/α-hetero) is 1. The van der Waals surface area contributed by atoms with Gasteiger partial charge in [0.1, 0.15) is 6.42 Å². The smallest absolute Gasteiger partial charge is 0.311 e. The number of anilines is 1. The summed E-state index contributed by atoms with van der Waals surface area (Å²) in [6.07, 6.45) is -0.261. The van der Waals surface area contributed by atoms with Gasteiger partial charge in [-0.05, 0) is 23.8 Å². The minimum Gasteiger partial charge on any atom is -0.481 e. The van der Waals surface area contributed by atoms with E-state index in [0.29, 0.717) is 5.56 Å². The largest absolute Gasteiger partial charge is 0.481 e. The monoisotopic (exact) mass is 233 g/mol. The minimum atomic E-state index is -1.15. The van der Waals surface area contributed by atoms with Crippen LogP contribution in [0.25, 0.3) is 0 Å². The Morgan fingerprint density at radius 1 is 1.41 bits per heavy atom. The van der Waals surface area contributed by atoms with Crippen molar-refractivity contribution in [1.82, 2.24) is 0 Å². The first-order chi connectivity index (χ1) is 7.99. The molecule has 0 atom stereocenters. The van der Waals surface area contributed by atoms with Crippen molar-refractivity contribution in [2.24, 2.45) is 0 Å². The molecule has 0 aromatic heterocycles. The lowest BCUT2D eigenvalue weighted by molar-refractivity contribution is -0.135. The molecule has 2 rings (SSSR count). The number of likely N-dealkylation sites (N-methyl/N-ethyl adjacent to an activating group) is 1. The molecule has 1 amide bonds. The van der Waals surface area contributed by atoms with Crippen LogP contribution in [0.1, 0.15) is 22.3 Å². The van der Waals surface area contributed by atoms with Crippen LogP contribution in [0.5, 0.6) is 0 Å². The van der Waals surface area contributed by atoms with E-state index in [4.69, 9.17) is 5.11 Å². The van der Waals surface area contributed by atoms with Crippen LogP contribution in [0.2, 0.25) is 0 Å². The molecule has 1 heterocycles. The number of carbonyl (C=O) groups excluding carboxylic acids is 2. The van der Waals surface area contributed by atoms with Gasteiger partial charge in [-0.1, -0.05) is 0 Å². The third-order valence-electron chi connectivity index (χ3n) is 2.79. The van der Waals surface area contributed by atoms with E-state index in [9.17, 15) is 14.4 Å². The van der Waals surface area contributed by atoms with E-state index in [1.165, 1.54) is 4.90 Å². The summed E-state index contributed by atoms with van der Waals surface area (Å²) in [5, 5.41) is 8.54. The molecular weight excluding hydrogens is 222 g/mol. The van der Waals surface area contributed by atoms with Gasteiger partial charge in [0, 0.05) is 18.3 Å². The number of carboxylic acid groups (broad SMARTS) is 1. The Morgan fingerprint density at radius 3 is 2.76 bits per heavy atom. The van der Waals surface area contributed by atoms with Crippen LogP contribution in [0.4, 0.5) is 5.69 Å². The van der Waals surface area contributed by atoms with Crippen molar-refractivity contribution in [1.29, 1.82) is 0 Å². The number of aliphatic carboxylic acids is 1. The van der Waals surface area contributed by atoms with Crippen LogP contribution in [-0.4, -0.2) is 29.8 Å². The molecular formula is C12H11NO4. The van der Waals surface area contributed by atoms with Gasteiger partial charge in [-0.25, -0.2) is 0 Å². The maximum atomic E-state index is 11.5. The zero-order valence-corrected chi connectivity index (χ0v) is 9.27. The number of ketones is 1. The Balaban J connectivity index is 2.30. The Labute approximate surface area is 97.7 Å². The summed E-state index contributed by atoms with van der Waals surface area (Å²) in [6.45, 7) is 0. The van der Waals surface area contributed by atoms with Crippen molar-refractivity contribution in [3.63, 3.8) is 0 Å². The highest BCUT2D eigenvalue weighted by Crippen LogP contribution is 2.28. The number of hydrogen-bond donors (Lipinski definition) is 1. The SMILES string of the molecule is CN1C(=O)Cc2cc(C(=O)CC(=O)O)ccc21. The molecule has 0 aliphatic carbocycles. The van der Waals surface area contributed by atoms with E-state index in [0.717, 1.165) is 11.3 Å². The maximum Gasteiger partial charge on any atom is 0.311 e. The molecule has 0 radical (unpaired) electrons. The molecule has 1 N–H and O–H groups in total. The number of carbonyl (C=O) groups is 3. The second kappa shape index (κ2) is 4.01. The maximum absolute atomic E-state index is 11.5. The first-order valence-electron chi connectivity index (χ1n) is 5.13. The third kappa shape index (κ3) is 2.04. The molecule has 17 heavy (non-hydrogen) atoms. The molecule has 0 bridgehead atoms. The van der Waals surface area contributed by atoms with Crippen molar-refractivity contribution in [3.05, 3.63) is 29.3 Å². The lowest BCUT2D eigenvalue weighted by Gasteiger charge is -2.09. The summed E-state index contributed by atoms with van der Waals surface area (Å²) in [4.78, 5) is 34.9. The van der Waals surface area contributed by atoms with E-state index in [-0.39, 0.29) is 12.3 Å². The van der Waals surface area contributed by atoms with Crippen LogP contribution < -0.4 is 4.90 Å². The van der Waals surface area contributed by atoms with Gasteiger partial charge in [-0.2, -0.15) is 0 Å². The van der Waals surface area contributed by atoms with E-state index >= 15 is 0 Å². The van der Waals surface area contributed by atoms with Gasteiger partial charge < -0.3 is 10.0 Å². The highest BCUT2D eigenvalue weighted by molar-refractivity contribution is 6.07. The average molecular weight is 233 g/mol. The molecule has 1 aromatic rings. The number of nitrogens with zero attached hydrogens (tertiary/aromatic N) is 1. The van der Waals surface area contributed by atoms with Crippen molar-refractivity contribution < 1.29 is 19.5 Å². The first-order valence-corrected chi connectivity index (χ1v) is 5.13. The highest BCUT2D eigenvalue weighted by Gasteiger charge is 2.24. The normalized spacial score (nSPS) is 13.7. The molecule has 0 unspecified atom stereocenters. The van der Waals surface area contributed by atoms with E-state index in [1.807, 2.05) is 0 Å². The van der Waals surface area contributed by atoms with E-state index in [1.54, 1.807) is 25.2 Å². The summed E-state index contributed by atoms with van der Waals surface area (Å²) in [6, 6.07) is 4.83. The van der Waals surface area contributed by atoms with Crippen LogP contribution in [0, 0.1) is 0 Å². The van der Waals surface area contributed by atoms with E-state index < -0.39 is 18.2 Å². The third-order valence-corrected chi connectivity index (χ3v) is 2.79. The second-order valence-corrected chi connectivity index (χ2v) is 3.97. The minimum absolute atomic E-state index is 0.0252. The highest BCUT2D eigenvalue weighted by atomic mass is 16.4. The summed E-state index contributed by atoms with van der Waals surface area (Å²) in [7, 11) is 1.67. The van der Waals surface area contributed by atoms with Crippen LogP contribution >= 0.6 is 0 Å². The topological polar surface area (TPSA) is 74.7 Å². The molecule has 0 saturated heterocycles. The molecule has 5 heteroatoms. The predicted octanol–water partition coefficient (Wildman–Crippen LogP) is 0.863. The summed E-state index contributed by atoms with van der Waals surface area (Å²) >= 11 is 0. The lowest BCUT2D eigenvalue weighted by atomic mass is 10.0. The van der Waals surface area contributed by atoms with Crippen molar-refractivity contribution >= 4 is 23.3 Å². The number of carboxylic acids is 1. The Bertz CT molecular complexity index is 521. The quantitative estimate of drug-likeness (QED) is 0.620. The molecule has 0 fully saturated rings. The van der Waals surface area contributed by atoms with Crippen LogP contribution in [0.3, 0.4) is 0 Å². The molecule has 0 saturated carbocycles. The molecule has 1 aliphatic rings. The van der Waals surface area contributed by atoms with E-state index in [2.05, 4.69) is 0 Å². The zero-order chi connectivity index (χ0) is 12.6. The number of fused-ring (bicyclic) bond motifs is 1. The summed E-state index contributed by atoms with van der Waals surface area (Å²) in [5.74, 6) is -1.62. The number of rotatable bonds is 3. The second-order valence-electron chi connectivity index (χ2n) is 3.97. The molecule has 1 aromatic carbocycles. The fourth-order valence-corrected chi connectivity index (χ4v) is 1.88. The Morgan fingerprint density at radius 2 is 2.12 bits per heavy atom.